The van der Waals surface area contributed by atoms with Gasteiger partial charge in [0.25, 0.3) is 0 Å². The van der Waals surface area contributed by atoms with Crippen LogP contribution < -0.4 is 5.73 Å². The van der Waals surface area contributed by atoms with E-state index in [0.717, 1.165) is 6.42 Å². The van der Waals surface area contributed by atoms with Gasteiger partial charge in [-0.1, -0.05) is 29.8 Å². The van der Waals surface area contributed by atoms with E-state index >= 15 is 0 Å². The van der Waals surface area contributed by atoms with Crippen molar-refractivity contribution in [3.63, 3.8) is 0 Å². The predicted octanol–water partition coefficient (Wildman–Crippen LogP) is 1.89. The summed E-state index contributed by atoms with van der Waals surface area (Å²) < 4.78 is 5.59. The minimum absolute atomic E-state index is 0.122. The number of carbonyl (C=O) groups excluding carboxylic acids is 1. The second-order valence-corrected chi connectivity index (χ2v) is 6.26. The Morgan fingerprint density at radius 2 is 2.26 bits per heavy atom. The Balaban J connectivity index is 2.09. The van der Waals surface area contributed by atoms with Crippen molar-refractivity contribution in [1.29, 1.82) is 0 Å². The Hall–Kier alpha value is -1.92. The van der Waals surface area contributed by atoms with E-state index < -0.39 is 23.7 Å². The third-order valence-electron chi connectivity index (χ3n) is 4.30. The average Bonchev–Trinajstić information content (AvgIpc) is 2.47. The van der Waals surface area contributed by atoms with E-state index in [1.807, 2.05) is 0 Å². The molecule has 2 bridgehead atoms. The molecule has 2 aliphatic rings. The number of benzene rings is 1. The zero-order valence-electron chi connectivity index (χ0n) is 12.4. The largest absolute Gasteiger partial charge is 0.481 e. The van der Waals surface area contributed by atoms with Crippen LogP contribution in [0.3, 0.4) is 0 Å². The normalized spacial score (nSPS) is 27.8. The highest BCUT2D eigenvalue weighted by molar-refractivity contribution is 6.32. The predicted molar refractivity (Wildman–Crippen MR) is 84.5 cm³/mol. The van der Waals surface area contributed by atoms with E-state index in [0.29, 0.717) is 23.4 Å². The molecule has 3 atom stereocenters. The molecule has 0 aromatic heterocycles. The van der Waals surface area contributed by atoms with Gasteiger partial charge in [0.2, 0.25) is 11.7 Å². The van der Waals surface area contributed by atoms with Crippen molar-refractivity contribution in [2.24, 2.45) is 10.7 Å². The third kappa shape index (κ3) is 2.72. The van der Waals surface area contributed by atoms with Gasteiger partial charge in [-0.05, 0) is 25.3 Å². The molecule has 3 N–H and O–H groups in total. The van der Waals surface area contributed by atoms with Crippen LogP contribution in [0.4, 0.5) is 0 Å². The molecular weight excluding hydrogens is 320 g/mol. The van der Waals surface area contributed by atoms with Gasteiger partial charge in [-0.15, -0.1) is 0 Å². The Morgan fingerprint density at radius 3 is 2.96 bits per heavy atom. The summed E-state index contributed by atoms with van der Waals surface area (Å²) in [6, 6.07) is 6.19. The lowest BCUT2D eigenvalue weighted by Crippen LogP contribution is -2.54. The lowest BCUT2D eigenvalue weighted by Gasteiger charge is -2.42. The van der Waals surface area contributed by atoms with E-state index in [9.17, 15) is 9.59 Å². The van der Waals surface area contributed by atoms with Crippen molar-refractivity contribution in [2.45, 2.75) is 43.4 Å². The lowest BCUT2D eigenvalue weighted by atomic mass is 9.73. The van der Waals surface area contributed by atoms with E-state index in [-0.39, 0.29) is 18.1 Å². The van der Waals surface area contributed by atoms with Gasteiger partial charge in [0.05, 0.1) is 12.5 Å². The van der Waals surface area contributed by atoms with Crippen molar-refractivity contribution in [2.75, 3.05) is 0 Å². The number of hydrogen-bond acceptors (Lipinski definition) is 5. The fourth-order valence-electron chi connectivity index (χ4n) is 3.22. The number of aliphatic carboxylic acids is 1. The topological polar surface area (TPSA) is 102 Å². The van der Waals surface area contributed by atoms with Crippen molar-refractivity contribution in [1.82, 2.24) is 0 Å². The Morgan fingerprint density at radius 1 is 1.52 bits per heavy atom. The molecule has 0 amide bonds. The second-order valence-electron chi connectivity index (χ2n) is 5.86. The molecule has 1 fully saturated rings. The van der Waals surface area contributed by atoms with E-state index in [1.165, 1.54) is 0 Å². The minimum atomic E-state index is -1.12. The van der Waals surface area contributed by atoms with Crippen LogP contribution in [-0.4, -0.2) is 34.9 Å². The van der Waals surface area contributed by atoms with Crippen LogP contribution in [-0.2, 0) is 19.9 Å². The number of ketones is 1. The number of carbonyl (C=O) groups is 2. The number of fused-ring (bicyclic) bond motifs is 2. The van der Waals surface area contributed by atoms with Crippen LogP contribution in [0.25, 0.3) is 0 Å². The number of hydrogen-bond donors (Lipinski definition) is 2. The number of rotatable bonds is 4. The van der Waals surface area contributed by atoms with Crippen molar-refractivity contribution >= 4 is 29.3 Å². The van der Waals surface area contributed by atoms with Gasteiger partial charge in [0.1, 0.15) is 0 Å². The molecule has 1 aromatic carbocycles. The smallest absolute Gasteiger partial charge is 0.305 e. The van der Waals surface area contributed by atoms with Crippen LogP contribution in [0.5, 0.6) is 0 Å². The minimum Gasteiger partial charge on any atom is -0.481 e. The fraction of sp³-hybridized carbons (Fsp3) is 0.438. The van der Waals surface area contributed by atoms with Crippen molar-refractivity contribution < 1.29 is 19.4 Å². The number of ether oxygens (including phenoxy) is 1. The number of aliphatic imine (C=N–C) groups is 1. The summed E-state index contributed by atoms with van der Waals surface area (Å²) in [5, 5.41) is 9.37. The number of carboxylic acids is 1. The standard InChI is InChI=1S/C16H17ClN2O4/c17-10-5-2-1-4-9(10)16-7-3-6-12(14(16)22)23-15(19-16)11(18)8-13(20)21/h1-2,4-5,11-12H,3,6-8,18H2,(H,20,21). The fourth-order valence-corrected chi connectivity index (χ4v) is 3.51. The van der Waals surface area contributed by atoms with Gasteiger partial charge in [-0.3, -0.25) is 9.59 Å². The first kappa shape index (κ1) is 16.0. The van der Waals surface area contributed by atoms with Crippen molar-refractivity contribution in [3.05, 3.63) is 34.9 Å². The van der Waals surface area contributed by atoms with Crippen LogP contribution in [0.1, 0.15) is 31.2 Å². The molecule has 7 heteroatoms. The summed E-state index contributed by atoms with van der Waals surface area (Å²) >= 11 is 6.29. The highest BCUT2D eigenvalue weighted by atomic mass is 35.5. The molecule has 0 spiro atoms. The van der Waals surface area contributed by atoms with Crippen LogP contribution in [0.15, 0.2) is 29.3 Å². The average molecular weight is 337 g/mol. The molecule has 1 saturated carbocycles. The van der Waals surface area contributed by atoms with Gasteiger partial charge in [0, 0.05) is 10.6 Å². The third-order valence-corrected chi connectivity index (χ3v) is 4.63. The molecule has 3 unspecified atom stereocenters. The van der Waals surface area contributed by atoms with Gasteiger partial charge in [-0.25, -0.2) is 4.99 Å². The molecule has 23 heavy (non-hydrogen) atoms. The maximum atomic E-state index is 12.8. The highest BCUT2D eigenvalue weighted by Gasteiger charge is 2.52. The lowest BCUT2D eigenvalue weighted by molar-refractivity contribution is -0.138. The molecule has 3 rings (SSSR count). The van der Waals surface area contributed by atoms with Gasteiger partial charge in [0.15, 0.2) is 11.6 Å². The van der Waals surface area contributed by atoms with Gasteiger partial charge >= 0.3 is 5.97 Å². The Kier molecular flexibility index (Phi) is 4.12. The van der Waals surface area contributed by atoms with Gasteiger partial charge in [-0.2, -0.15) is 0 Å². The highest BCUT2D eigenvalue weighted by Crippen LogP contribution is 2.44. The zero-order valence-corrected chi connectivity index (χ0v) is 13.1. The summed E-state index contributed by atoms with van der Waals surface area (Å²) in [7, 11) is 0. The Bertz CT molecular complexity index is 690. The molecule has 6 nitrogen and oxygen atoms in total. The summed E-state index contributed by atoms with van der Waals surface area (Å²) in [6.07, 6.45) is 0.903. The molecule has 0 radical (unpaired) electrons. The second kappa shape index (κ2) is 5.94. The summed E-state index contributed by atoms with van der Waals surface area (Å²) in [6.45, 7) is 0. The number of carboxylic acid groups (broad SMARTS) is 1. The number of halogens is 1. The summed E-state index contributed by atoms with van der Waals surface area (Å²) in [5.41, 5.74) is 5.40. The molecule has 1 aliphatic heterocycles. The maximum Gasteiger partial charge on any atom is 0.305 e. The van der Waals surface area contributed by atoms with Crippen LogP contribution in [0.2, 0.25) is 5.02 Å². The quantitative estimate of drug-likeness (QED) is 0.874. The number of Topliss-reactive ketones (excluding diaryl/α,β-unsaturated/α-hetero) is 1. The molecule has 122 valence electrons. The Labute approximate surface area is 138 Å². The molecule has 1 aliphatic carbocycles. The maximum absolute atomic E-state index is 12.8. The molecule has 1 aromatic rings. The monoisotopic (exact) mass is 336 g/mol. The van der Waals surface area contributed by atoms with E-state index in [1.54, 1.807) is 24.3 Å². The first-order chi connectivity index (χ1) is 10.9. The summed E-state index contributed by atoms with van der Waals surface area (Å²) in [5.74, 6) is -1.06. The van der Waals surface area contributed by atoms with E-state index in [2.05, 4.69) is 4.99 Å². The first-order valence-electron chi connectivity index (χ1n) is 7.47. The molecule has 1 heterocycles. The zero-order chi connectivity index (χ0) is 16.6. The SMILES string of the molecule is NC(CC(=O)O)C1=NC2(c3ccccc3Cl)CCCC(O1)C2=O. The number of nitrogens with zero attached hydrogens (tertiary/aromatic N) is 1. The molecular formula is C16H17ClN2O4. The number of nitrogens with two attached hydrogens (primary N) is 1. The molecule has 0 saturated heterocycles. The first-order valence-corrected chi connectivity index (χ1v) is 7.85. The van der Waals surface area contributed by atoms with Crippen molar-refractivity contribution in [3.8, 4) is 0 Å². The van der Waals surface area contributed by atoms with Gasteiger partial charge < -0.3 is 15.6 Å². The van der Waals surface area contributed by atoms with Crippen LogP contribution >= 0.6 is 11.6 Å². The van der Waals surface area contributed by atoms with Crippen LogP contribution in [0, 0.1) is 0 Å². The van der Waals surface area contributed by atoms with E-state index in [4.69, 9.17) is 27.2 Å². The summed E-state index contributed by atoms with van der Waals surface area (Å²) in [4.78, 5) is 28.2.